The third kappa shape index (κ3) is 3.74. The number of nitrogens with one attached hydrogen (secondary N) is 2. The predicted octanol–water partition coefficient (Wildman–Crippen LogP) is 2.49. The van der Waals surface area contributed by atoms with Crippen molar-refractivity contribution < 1.29 is 18.0 Å². The van der Waals surface area contributed by atoms with E-state index in [2.05, 4.69) is 10.6 Å². The molecule has 126 valence electrons. The highest BCUT2D eigenvalue weighted by atomic mass is 35.5. The van der Waals surface area contributed by atoms with Crippen LogP contribution in [0.3, 0.4) is 0 Å². The summed E-state index contributed by atoms with van der Waals surface area (Å²) in [4.78, 5) is 23.1. The maximum Gasteiger partial charge on any atom is 0.251 e. The predicted molar refractivity (Wildman–Crippen MR) is 91.0 cm³/mol. The number of carbonyl (C=O) groups is 2. The van der Waals surface area contributed by atoms with Gasteiger partial charge in [-0.05, 0) is 42.5 Å². The molecule has 6 nitrogen and oxygen atoms in total. The number of sulfone groups is 1. The summed E-state index contributed by atoms with van der Waals surface area (Å²) in [6, 6.07) is 9.68. The van der Waals surface area contributed by atoms with E-state index in [-0.39, 0.29) is 21.0 Å². The SMILES string of the molecule is CNC(=O)c1ccc(S(=O)(=O)c2ccc(Cl)cc2)c(NC(C)=O)c1. The van der Waals surface area contributed by atoms with E-state index in [9.17, 15) is 18.0 Å². The van der Waals surface area contributed by atoms with Crippen molar-refractivity contribution in [2.45, 2.75) is 16.7 Å². The summed E-state index contributed by atoms with van der Waals surface area (Å²) < 4.78 is 25.6. The van der Waals surface area contributed by atoms with Crippen molar-refractivity contribution in [2.75, 3.05) is 12.4 Å². The van der Waals surface area contributed by atoms with E-state index in [1.807, 2.05) is 0 Å². The molecule has 0 aromatic heterocycles. The Hall–Kier alpha value is -2.38. The third-order valence-electron chi connectivity index (χ3n) is 3.19. The van der Waals surface area contributed by atoms with Gasteiger partial charge in [0.25, 0.3) is 5.91 Å². The zero-order valence-electron chi connectivity index (χ0n) is 13.0. The van der Waals surface area contributed by atoms with E-state index >= 15 is 0 Å². The molecule has 0 radical (unpaired) electrons. The molecule has 0 fully saturated rings. The molecular weight excluding hydrogens is 352 g/mol. The number of anilines is 1. The summed E-state index contributed by atoms with van der Waals surface area (Å²) in [6.07, 6.45) is 0. The Balaban J connectivity index is 2.61. The van der Waals surface area contributed by atoms with Crippen LogP contribution in [-0.4, -0.2) is 27.3 Å². The van der Waals surface area contributed by atoms with Crippen LogP contribution < -0.4 is 10.6 Å². The molecule has 2 aromatic rings. The molecule has 0 unspecified atom stereocenters. The zero-order valence-corrected chi connectivity index (χ0v) is 14.5. The van der Waals surface area contributed by atoms with Crippen LogP contribution >= 0.6 is 11.6 Å². The Labute approximate surface area is 144 Å². The first-order valence-corrected chi connectivity index (χ1v) is 8.76. The van der Waals surface area contributed by atoms with E-state index in [1.165, 1.54) is 56.4 Å². The zero-order chi connectivity index (χ0) is 17.9. The number of rotatable bonds is 4. The van der Waals surface area contributed by atoms with Crippen LogP contribution in [0.2, 0.25) is 5.02 Å². The summed E-state index contributed by atoms with van der Waals surface area (Å²) in [6.45, 7) is 1.26. The van der Waals surface area contributed by atoms with Crippen molar-refractivity contribution in [3.05, 3.63) is 53.1 Å². The van der Waals surface area contributed by atoms with E-state index < -0.39 is 21.7 Å². The Morgan fingerprint density at radius 1 is 1.04 bits per heavy atom. The Morgan fingerprint density at radius 3 is 2.21 bits per heavy atom. The van der Waals surface area contributed by atoms with E-state index in [1.54, 1.807) is 0 Å². The second kappa shape index (κ2) is 7.02. The molecule has 0 heterocycles. The van der Waals surface area contributed by atoms with Gasteiger partial charge in [0.2, 0.25) is 15.7 Å². The van der Waals surface area contributed by atoms with Gasteiger partial charge in [0.1, 0.15) is 0 Å². The van der Waals surface area contributed by atoms with E-state index in [0.717, 1.165) is 0 Å². The minimum atomic E-state index is -3.89. The molecule has 2 rings (SSSR count). The standard InChI is InChI=1S/C16H15ClN2O4S/c1-10(20)19-14-9-11(16(21)18-2)3-8-15(14)24(22,23)13-6-4-12(17)5-7-13/h3-9H,1-2H3,(H,18,21)(H,19,20). The highest BCUT2D eigenvalue weighted by Crippen LogP contribution is 2.29. The number of halogens is 1. The fraction of sp³-hybridized carbons (Fsp3) is 0.125. The third-order valence-corrected chi connectivity index (χ3v) is 5.27. The van der Waals surface area contributed by atoms with Gasteiger partial charge in [-0.1, -0.05) is 11.6 Å². The lowest BCUT2D eigenvalue weighted by Gasteiger charge is -2.13. The Bertz CT molecular complexity index is 893. The van der Waals surface area contributed by atoms with Crippen LogP contribution in [0.1, 0.15) is 17.3 Å². The van der Waals surface area contributed by atoms with Crippen molar-refractivity contribution in [1.82, 2.24) is 5.32 Å². The van der Waals surface area contributed by atoms with Crippen molar-refractivity contribution in [2.24, 2.45) is 0 Å². The number of hydrogen-bond acceptors (Lipinski definition) is 4. The number of carbonyl (C=O) groups excluding carboxylic acids is 2. The van der Waals surface area contributed by atoms with Gasteiger partial charge < -0.3 is 10.6 Å². The lowest BCUT2D eigenvalue weighted by molar-refractivity contribution is -0.114. The number of benzene rings is 2. The van der Waals surface area contributed by atoms with Gasteiger partial charge in [-0.2, -0.15) is 0 Å². The molecule has 2 N–H and O–H groups in total. The van der Waals surface area contributed by atoms with Gasteiger partial charge in [0, 0.05) is 24.6 Å². The number of amides is 2. The summed E-state index contributed by atoms with van der Waals surface area (Å²) in [7, 11) is -2.43. The van der Waals surface area contributed by atoms with Crippen LogP contribution in [0, 0.1) is 0 Å². The first-order chi connectivity index (χ1) is 11.3. The van der Waals surface area contributed by atoms with Crippen molar-refractivity contribution in [3.63, 3.8) is 0 Å². The summed E-state index contributed by atoms with van der Waals surface area (Å²) in [5, 5.41) is 5.31. The maximum absolute atomic E-state index is 12.8. The molecular formula is C16H15ClN2O4S. The first-order valence-electron chi connectivity index (χ1n) is 6.90. The van der Waals surface area contributed by atoms with Crippen LogP contribution in [-0.2, 0) is 14.6 Å². The van der Waals surface area contributed by atoms with Gasteiger partial charge >= 0.3 is 0 Å². The van der Waals surface area contributed by atoms with Crippen LogP contribution in [0.15, 0.2) is 52.3 Å². The monoisotopic (exact) mass is 366 g/mol. The lowest BCUT2D eigenvalue weighted by Crippen LogP contribution is -2.19. The Morgan fingerprint density at radius 2 is 1.67 bits per heavy atom. The second-order valence-electron chi connectivity index (χ2n) is 4.93. The van der Waals surface area contributed by atoms with Crippen molar-refractivity contribution >= 4 is 38.9 Å². The Kier molecular flexibility index (Phi) is 5.26. The minimum absolute atomic E-state index is 0.0335. The van der Waals surface area contributed by atoms with Gasteiger partial charge in [-0.3, -0.25) is 9.59 Å². The average molecular weight is 367 g/mol. The highest BCUT2D eigenvalue weighted by molar-refractivity contribution is 7.91. The minimum Gasteiger partial charge on any atom is -0.355 e. The normalized spacial score (nSPS) is 11.0. The molecule has 0 aliphatic carbocycles. The smallest absolute Gasteiger partial charge is 0.251 e. The second-order valence-corrected chi connectivity index (χ2v) is 7.28. The fourth-order valence-corrected chi connectivity index (χ4v) is 3.60. The van der Waals surface area contributed by atoms with E-state index in [4.69, 9.17) is 11.6 Å². The van der Waals surface area contributed by atoms with Gasteiger partial charge in [0.05, 0.1) is 15.5 Å². The van der Waals surface area contributed by atoms with Crippen molar-refractivity contribution in [1.29, 1.82) is 0 Å². The molecule has 0 aliphatic heterocycles. The molecule has 0 spiro atoms. The fourth-order valence-electron chi connectivity index (χ4n) is 2.08. The van der Waals surface area contributed by atoms with E-state index in [0.29, 0.717) is 5.02 Å². The molecule has 2 amide bonds. The van der Waals surface area contributed by atoms with Gasteiger partial charge in [0.15, 0.2) is 0 Å². The van der Waals surface area contributed by atoms with Gasteiger partial charge in [-0.15, -0.1) is 0 Å². The molecule has 8 heteroatoms. The van der Waals surface area contributed by atoms with Crippen LogP contribution in [0.5, 0.6) is 0 Å². The first kappa shape index (κ1) is 18.0. The topological polar surface area (TPSA) is 92.3 Å². The number of hydrogen-bond donors (Lipinski definition) is 2. The summed E-state index contributed by atoms with van der Waals surface area (Å²) in [5.74, 6) is -0.839. The summed E-state index contributed by atoms with van der Waals surface area (Å²) in [5.41, 5.74) is 0.273. The molecule has 0 atom stereocenters. The summed E-state index contributed by atoms with van der Waals surface area (Å²) >= 11 is 5.78. The molecule has 0 bridgehead atoms. The quantitative estimate of drug-likeness (QED) is 0.869. The maximum atomic E-state index is 12.8. The molecule has 24 heavy (non-hydrogen) atoms. The van der Waals surface area contributed by atoms with Crippen molar-refractivity contribution in [3.8, 4) is 0 Å². The van der Waals surface area contributed by atoms with Crippen LogP contribution in [0.4, 0.5) is 5.69 Å². The molecule has 0 aliphatic rings. The van der Waals surface area contributed by atoms with Gasteiger partial charge in [-0.25, -0.2) is 8.42 Å². The molecule has 0 saturated carbocycles. The average Bonchev–Trinajstić information content (AvgIpc) is 2.53. The van der Waals surface area contributed by atoms with Crippen LogP contribution in [0.25, 0.3) is 0 Å². The molecule has 0 saturated heterocycles. The highest BCUT2D eigenvalue weighted by Gasteiger charge is 2.23. The molecule has 2 aromatic carbocycles. The lowest BCUT2D eigenvalue weighted by atomic mass is 10.2. The largest absolute Gasteiger partial charge is 0.355 e.